The van der Waals surface area contributed by atoms with E-state index in [1.807, 2.05) is 36.7 Å². The van der Waals surface area contributed by atoms with E-state index < -0.39 is 17.9 Å². The van der Waals surface area contributed by atoms with E-state index in [2.05, 4.69) is 15.3 Å². The number of fused-ring (bicyclic) bond motifs is 1. The van der Waals surface area contributed by atoms with Gasteiger partial charge in [-0.25, -0.2) is 4.98 Å². The number of thiazole rings is 1. The highest BCUT2D eigenvalue weighted by Crippen LogP contribution is 2.21. The van der Waals surface area contributed by atoms with Gasteiger partial charge in [-0.15, -0.1) is 11.3 Å². The first-order valence-corrected chi connectivity index (χ1v) is 11.1. The Labute approximate surface area is 171 Å². The van der Waals surface area contributed by atoms with Crippen molar-refractivity contribution in [1.82, 2.24) is 15.3 Å². The standard InChI is InChI=1S/C19H23N5O2S2/c1-27-7-6-13(20)19-24-16(10-28-19)18(26)23-15(17(21)25)8-11-9-22-14-5-3-2-4-12(11)14/h2-5,9-10,13,15,22H,6-8,20H2,1H3,(H2,21,25)(H,23,26). The summed E-state index contributed by atoms with van der Waals surface area (Å²) in [5, 5.41) is 6.08. The smallest absolute Gasteiger partial charge is 0.271 e. The minimum absolute atomic E-state index is 0.197. The number of hydrogen-bond acceptors (Lipinski definition) is 6. The second-order valence-electron chi connectivity index (χ2n) is 6.45. The molecule has 28 heavy (non-hydrogen) atoms. The number of rotatable bonds is 9. The Hall–Kier alpha value is -2.36. The van der Waals surface area contributed by atoms with Gasteiger partial charge in [-0.3, -0.25) is 9.59 Å². The van der Waals surface area contributed by atoms with Crippen LogP contribution in [0.3, 0.4) is 0 Å². The van der Waals surface area contributed by atoms with E-state index in [1.165, 1.54) is 11.3 Å². The molecule has 2 atom stereocenters. The van der Waals surface area contributed by atoms with Crippen molar-refractivity contribution in [3.8, 4) is 0 Å². The molecule has 0 aliphatic rings. The normalized spacial score (nSPS) is 13.4. The average molecular weight is 418 g/mol. The molecule has 0 saturated carbocycles. The predicted octanol–water partition coefficient (Wildman–Crippen LogP) is 2.20. The average Bonchev–Trinajstić information content (AvgIpc) is 3.33. The van der Waals surface area contributed by atoms with Crippen LogP contribution in [0, 0.1) is 0 Å². The van der Waals surface area contributed by atoms with Crippen LogP contribution < -0.4 is 16.8 Å². The molecular formula is C19H23N5O2S2. The van der Waals surface area contributed by atoms with Crippen molar-refractivity contribution in [2.75, 3.05) is 12.0 Å². The van der Waals surface area contributed by atoms with E-state index in [-0.39, 0.29) is 11.7 Å². The number of aromatic amines is 1. The molecule has 2 aromatic heterocycles. The highest BCUT2D eigenvalue weighted by atomic mass is 32.2. The zero-order valence-corrected chi connectivity index (χ0v) is 17.1. The molecule has 1 aromatic carbocycles. The van der Waals surface area contributed by atoms with Crippen molar-refractivity contribution in [3.05, 3.63) is 52.1 Å². The van der Waals surface area contributed by atoms with Gasteiger partial charge in [-0.1, -0.05) is 18.2 Å². The topological polar surface area (TPSA) is 127 Å². The van der Waals surface area contributed by atoms with Gasteiger partial charge in [-0.05, 0) is 30.1 Å². The molecule has 6 N–H and O–H groups in total. The lowest BCUT2D eigenvalue weighted by atomic mass is 10.0. The second kappa shape index (κ2) is 9.22. The lowest BCUT2D eigenvalue weighted by Gasteiger charge is -2.14. The van der Waals surface area contributed by atoms with E-state index in [1.54, 1.807) is 17.1 Å². The number of benzene rings is 1. The van der Waals surface area contributed by atoms with Gasteiger partial charge in [0, 0.05) is 28.9 Å². The summed E-state index contributed by atoms with van der Waals surface area (Å²) in [5.74, 6) is -0.0922. The molecule has 2 amide bonds. The third-order valence-corrected chi connectivity index (χ3v) is 6.07. The van der Waals surface area contributed by atoms with E-state index in [4.69, 9.17) is 11.5 Å². The number of nitrogens with zero attached hydrogens (tertiary/aromatic N) is 1. The first kappa shape index (κ1) is 20.4. The fourth-order valence-electron chi connectivity index (χ4n) is 2.91. The lowest BCUT2D eigenvalue weighted by Crippen LogP contribution is -2.46. The molecule has 0 spiro atoms. The van der Waals surface area contributed by atoms with Crippen LogP contribution in [0.5, 0.6) is 0 Å². The van der Waals surface area contributed by atoms with Crippen molar-refractivity contribution in [1.29, 1.82) is 0 Å². The Bertz CT molecular complexity index is 968. The van der Waals surface area contributed by atoms with Crippen LogP contribution in [0.2, 0.25) is 0 Å². The minimum Gasteiger partial charge on any atom is -0.368 e. The number of thioether (sulfide) groups is 1. The molecule has 3 rings (SSSR count). The van der Waals surface area contributed by atoms with Crippen LogP contribution >= 0.6 is 23.1 Å². The SMILES string of the molecule is CSCCC(N)c1nc(C(=O)NC(Cc2c[nH]c3ccccc23)C(N)=O)cs1. The third-order valence-electron chi connectivity index (χ3n) is 4.45. The zero-order valence-electron chi connectivity index (χ0n) is 15.5. The number of H-pyrrole nitrogens is 1. The fourth-order valence-corrected chi connectivity index (χ4v) is 4.23. The first-order valence-electron chi connectivity index (χ1n) is 8.84. The Morgan fingerprint density at radius 2 is 2.14 bits per heavy atom. The van der Waals surface area contributed by atoms with Gasteiger partial charge in [0.2, 0.25) is 5.91 Å². The van der Waals surface area contributed by atoms with Crippen LogP contribution in [0.15, 0.2) is 35.8 Å². The van der Waals surface area contributed by atoms with Crippen molar-refractivity contribution >= 4 is 45.8 Å². The molecule has 0 aliphatic carbocycles. The summed E-state index contributed by atoms with van der Waals surface area (Å²) in [7, 11) is 0. The molecule has 3 aromatic rings. The molecule has 0 bridgehead atoms. The van der Waals surface area contributed by atoms with Crippen molar-refractivity contribution < 1.29 is 9.59 Å². The quantitative estimate of drug-likeness (QED) is 0.424. The summed E-state index contributed by atoms with van der Waals surface area (Å²) in [5.41, 5.74) is 13.8. The number of carbonyl (C=O) groups excluding carboxylic acids is 2. The molecule has 0 radical (unpaired) electrons. The maximum absolute atomic E-state index is 12.6. The highest BCUT2D eigenvalue weighted by molar-refractivity contribution is 7.98. The first-order chi connectivity index (χ1) is 13.5. The summed E-state index contributed by atoms with van der Waals surface area (Å²) in [4.78, 5) is 32.0. The Balaban J connectivity index is 1.70. The second-order valence-corrected chi connectivity index (χ2v) is 8.33. The predicted molar refractivity (Wildman–Crippen MR) is 114 cm³/mol. The van der Waals surface area contributed by atoms with Gasteiger partial charge in [0.05, 0.1) is 6.04 Å². The van der Waals surface area contributed by atoms with Gasteiger partial charge in [-0.2, -0.15) is 11.8 Å². The van der Waals surface area contributed by atoms with E-state index >= 15 is 0 Å². The van der Waals surface area contributed by atoms with Gasteiger partial charge in [0.1, 0.15) is 16.7 Å². The molecule has 9 heteroatoms. The summed E-state index contributed by atoms with van der Waals surface area (Å²) < 4.78 is 0. The fraction of sp³-hybridized carbons (Fsp3) is 0.316. The number of para-hydroxylation sites is 1. The lowest BCUT2D eigenvalue weighted by molar-refractivity contribution is -0.119. The van der Waals surface area contributed by atoms with Gasteiger partial charge < -0.3 is 21.8 Å². The van der Waals surface area contributed by atoms with E-state index in [0.29, 0.717) is 11.4 Å². The van der Waals surface area contributed by atoms with E-state index in [9.17, 15) is 9.59 Å². The molecule has 148 valence electrons. The Kier molecular flexibility index (Phi) is 6.71. The third kappa shape index (κ3) is 4.73. The number of hydrogen-bond donors (Lipinski definition) is 4. The minimum atomic E-state index is -0.831. The summed E-state index contributed by atoms with van der Waals surface area (Å²) in [6.45, 7) is 0. The Morgan fingerprint density at radius 1 is 1.36 bits per heavy atom. The summed E-state index contributed by atoms with van der Waals surface area (Å²) in [6, 6.07) is 6.74. The molecule has 0 saturated heterocycles. The molecule has 2 unspecified atom stereocenters. The number of nitrogens with two attached hydrogens (primary N) is 2. The Morgan fingerprint density at radius 3 is 2.89 bits per heavy atom. The molecule has 7 nitrogen and oxygen atoms in total. The molecular weight excluding hydrogens is 394 g/mol. The largest absolute Gasteiger partial charge is 0.368 e. The summed E-state index contributed by atoms with van der Waals surface area (Å²) in [6.07, 6.45) is 4.94. The van der Waals surface area contributed by atoms with Crippen molar-refractivity contribution in [2.45, 2.75) is 24.9 Å². The van der Waals surface area contributed by atoms with Crippen LogP contribution in [-0.2, 0) is 11.2 Å². The molecule has 2 heterocycles. The van der Waals surface area contributed by atoms with E-state index in [0.717, 1.165) is 28.6 Å². The molecule has 0 fully saturated rings. The monoisotopic (exact) mass is 417 g/mol. The van der Waals surface area contributed by atoms with Gasteiger partial charge in [0.15, 0.2) is 0 Å². The molecule has 0 aliphatic heterocycles. The number of aromatic nitrogens is 2. The summed E-state index contributed by atoms with van der Waals surface area (Å²) >= 11 is 3.07. The van der Waals surface area contributed by atoms with Crippen LogP contribution in [0.25, 0.3) is 10.9 Å². The van der Waals surface area contributed by atoms with Crippen LogP contribution in [0.4, 0.5) is 0 Å². The maximum atomic E-state index is 12.6. The van der Waals surface area contributed by atoms with Crippen LogP contribution in [-0.4, -0.2) is 39.8 Å². The zero-order chi connectivity index (χ0) is 20.1. The van der Waals surface area contributed by atoms with Crippen LogP contribution in [0.1, 0.15) is 33.5 Å². The number of amides is 2. The number of primary amides is 1. The van der Waals surface area contributed by atoms with Crippen molar-refractivity contribution in [2.24, 2.45) is 11.5 Å². The number of nitrogens with one attached hydrogen (secondary N) is 2. The van der Waals surface area contributed by atoms with Gasteiger partial charge in [0.25, 0.3) is 5.91 Å². The highest BCUT2D eigenvalue weighted by Gasteiger charge is 2.23. The van der Waals surface area contributed by atoms with Crippen molar-refractivity contribution in [3.63, 3.8) is 0 Å². The number of carbonyl (C=O) groups is 2. The maximum Gasteiger partial charge on any atom is 0.271 e. The van der Waals surface area contributed by atoms with Gasteiger partial charge >= 0.3 is 0 Å².